The van der Waals surface area contributed by atoms with Crippen molar-refractivity contribution >= 4 is 11.9 Å². The molecular weight excluding hydrogens is 578 g/mol. The van der Waals surface area contributed by atoms with Crippen LogP contribution in [0.5, 0.6) is 11.5 Å². The van der Waals surface area contributed by atoms with Gasteiger partial charge in [0.2, 0.25) is 0 Å². The highest BCUT2D eigenvalue weighted by Gasteiger charge is 2.24. The molecule has 0 atom stereocenters. The number of phenolic OH excluding ortho intramolecular Hbond substituents is 1. The molecule has 4 aromatic rings. The van der Waals surface area contributed by atoms with Crippen LogP contribution in [0.2, 0.25) is 0 Å². The Kier molecular flexibility index (Phi) is 10.8. The number of rotatable bonds is 5. The maximum atomic E-state index is 14.3. The molecule has 0 aliphatic rings. The molecule has 0 unspecified atom stereocenters. The largest absolute Gasteiger partial charge is 0.508 e. The van der Waals surface area contributed by atoms with Crippen molar-refractivity contribution < 1.29 is 37.7 Å². The lowest BCUT2D eigenvalue weighted by Crippen LogP contribution is -2.15. The van der Waals surface area contributed by atoms with Crippen molar-refractivity contribution in [3.05, 3.63) is 107 Å². The molecule has 0 saturated heterocycles. The van der Waals surface area contributed by atoms with Gasteiger partial charge in [-0.25, -0.2) is 18.4 Å². The summed E-state index contributed by atoms with van der Waals surface area (Å²) in [5.41, 5.74) is 4.10. The maximum Gasteiger partial charge on any atom is 0.337 e. The summed E-state index contributed by atoms with van der Waals surface area (Å²) >= 11 is 0. The van der Waals surface area contributed by atoms with Crippen LogP contribution in [0.4, 0.5) is 8.78 Å². The predicted molar refractivity (Wildman–Crippen MR) is 172 cm³/mol. The average molecular weight is 619 g/mol. The molecule has 0 aromatic heterocycles. The summed E-state index contributed by atoms with van der Waals surface area (Å²) in [5.74, 6) is -1.02. The van der Waals surface area contributed by atoms with Crippen LogP contribution in [-0.4, -0.2) is 38.4 Å². The third-order valence-corrected chi connectivity index (χ3v) is 7.20. The molecule has 0 heterocycles. The zero-order chi connectivity index (χ0) is 33.7. The molecule has 6 nitrogen and oxygen atoms in total. The Balaban J connectivity index is 0.000000246. The minimum Gasteiger partial charge on any atom is -0.508 e. The van der Waals surface area contributed by atoms with Gasteiger partial charge in [-0.05, 0) is 93.7 Å². The predicted octanol–water partition coefficient (Wildman–Crippen LogP) is 8.87. The van der Waals surface area contributed by atoms with Gasteiger partial charge in [0.15, 0.2) is 0 Å². The van der Waals surface area contributed by atoms with E-state index in [0.29, 0.717) is 33.6 Å². The molecule has 0 bridgehead atoms. The molecule has 0 fully saturated rings. The number of ether oxygens (including phenoxy) is 3. The zero-order valence-electron chi connectivity index (χ0n) is 27.2. The molecule has 8 heteroatoms. The van der Waals surface area contributed by atoms with Crippen molar-refractivity contribution in [1.29, 1.82) is 0 Å². The maximum absolute atomic E-state index is 14.3. The highest BCUT2D eigenvalue weighted by atomic mass is 19.1. The quantitative estimate of drug-likeness (QED) is 0.225. The molecule has 4 rings (SSSR count). The number of aromatic hydroxyl groups is 1. The van der Waals surface area contributed by atoms with Gasteiger partial charge in [0.1, 0.15) is 23.1 Å². The molecule has 0 radical (unpaired) electrons. The second kappa shape index (κ2) is 13.9. The van der Waals surface area contributed by atoms with E-state index >= 15 is 0 Å². The minimum absolute atomic E-state index is 0.00620. The van der Waals surface area contributed by atoms with E-state index < -0.39 is 17.8 Å². The minimum atomic E-state index is -0.437. The Labute approximate surface area is 263 Å². The van der Waals surface area contributed by atoms with Gasteiger partial charge in [-0.3, -0.25) is 0 Å². The van der Waals surface area contributed by atoms with Crippen molar-refractivity contribution in [2.24, 2.45) is 0 Å². The number of phenols is 1. The van der Waals surface area contributed by atoms with Crippen molar-refractivity contribution in [1.82, 2.24) is 0 Å². The summed E-state index contributed by atoms with van der Waals surface area (Å²) < 4.78 is 43.2. The zero-order valence-corrected chi connectivity index (χ0v) is 27.2. The molecule has 0 aliphatic carbocycles. The van der Waals surface area contributed by atoms with Gasteiger partial charge in [0, 0.05) is 11.1 Å². The molecule has 0 aliphatic heterocycles. The summed E-state index contributed by atoms with van der Waals surface area (Å²) in [5, 5.41) is 9.63. The van der Waals surface area contributed by atoms with Gasteiger partial charge in [-0.1, -0.05) is 53.7 Å². The first kappa shape index (κ1) is 34.8. The van der Waals surface area contributed by atoms with Crippen LogP contribution in [0.15, 0.2) is 72.8 Å². The van der Waals surface area contributed by atoms with Gasteiger partial charge in [-0.15, -0.1) is 0 Å². The lowest BCUT2D eigenvalue weighted by atomic mass is 9.81. The Hall–Kier alpha value is -4.72. The second-order valence-electron chi connectivity index (χ2n) is 12.5. The smallest absolute Gasteiger partial charge is 0.337 e. The number of carbonyl (C=O) groups is 2. The molecule has 1 N–H and O–H groups in total. The van der Waals surface area contributed by atoms with E-state index in [0.717, 1.165) is 16.7 Å². The monoisotopic (exact) mass is 618 g/mol. The van der Waals surface area contributed by atoms with E-state index in [1.54, 1.807) is 55.6 Å². The molecule has 238 valence electrons. The fourth-order valence-electron chi connectivity index (χ4n) is 4.85. The van der Waals surface area contributed by atoms with E-state index in [9.17, 15) is 23.5 Å². The van der Waals surface area contributed by atoms with Gasteiger partial charge >= 0.3 is 11.9 Å². The lowest BCUT2D eigenvalue weighted by molar-refractivity contribution is 0.0591. The van der Waals surface area contributed by atoms with Crippen molar-refractivity contribution in [3.8, 4) is 33.8 Å². The van der Waals surface area contributed by atoms with E-state index in [2.05, 4.69) is 0 Å². The number of methoxy groups -OCH3 is 3. The fraction of sp³-hybridized carbons (Fsp3) is 0.297. The standard InChI is InChI=1S/C19H21FO3.C18H19FO3/c1-19(2,3)16-10-12(18(21)23-5)6-8-14(16)15-11-13(22-4)7-9-17(15)20;1-18(2,3)15-9-11(17(21)22-4)5-7-13(15)14-10-12(20)6-8-16(14)19/h6-11H,1-5H3;5-10,20H,1-4H3. The first-order valence-electron chi connectivity index (χ1n) is 14.3. The van der Waals surface area contributed by atoms with Crippen LogP contribution in [0.25, 0.3) is 22.3 Å². The molecule has 0 amide bonds. The van der Waals surface area contributed by atoms with Gasteiger partial charge in [0.25, 0.3) is 0 Å². The Bertz CT molecular complexity index is 1700. The SMILES string of the molecule is COC(=O)c1ccc(-c2cc(O)ccc2F)c(C(C)(C)C)c1.COC(=O)c1ccc(-c2cc(OC)ccc2F)c(C(C)(C)C)c1. The van der Waals surface area contributed by atoms with Crippen LogP contribution in [0, 0.1) is 11.6 Å². The normalized spacial score (nSPS) is 11.3. The Morgan fingerprint density at radius 2 is 1.00 bits per heavy atom. The van der Waals surface area contributed by atoms with Gasteiger partial charge in [0.05, 0.1) is 32.5 Å². The Morgan fingerprint density at radius 1 is 0.578 bits per heavy atom. The topological polar surface area (TPSA) is 82.1 Å². The first-order chi connectivity index (χ1) is 21.0. The highest BCUT2D eigenvalue weighted by Crippen LogP contribution is 2.38. The van der Waals surface area contributed by atoms with Crippen molar-refractivity contribution in [3.63, 3.8) is 0 Å². The van der Waals surface area contributed by atoms with E-state index in [1.165, 1.54) is 38.5 Å². The summed E-state index contributed by atoms with van der Waals surface area (Å²) in [6.45, 7) is 12.0. The summed E-state index contributed by atoms with van der Waals surface area (Å²) in [6, 6.07) is 18.7. The molecule has 0 spiro atoms. The summed E-state index contributed by atoms with van der Waals surface area (Å²) in [6.07, 6.45) is 0. The number of hydrogen-bond acceptors (Lipinski definition) is 6. The third kappa shape index (κ3) is 8.26. The van der Waals surface area contributed by atoms with Crippen molar-refractivity contribution in [2.45, 2.75) is 52.4 Å². The number of esters is 2. The van der Waals surface area contributed by atoms with Crippen LogP contribution in [0.1, 0.15) is 73.4 Å². The van der Waals surface area contributed by atoms with Crippen molar-refractivity contribution in [2.75, 3.05) is 21.3 Å². The number of benzene rings is 4. The second-order valence-corrected chi connectivity index (χ2v) is 12.5. The summed E-state index contributed by atoms with van der Waals surface area (Å²) in [7, 11) is 4.21. The van der Waals surface area contributed by atoms with E-state index in [4.69, 9.17) is 14.2 Å². The van der Waals surface area contributed by atoms with Crippen LogP contribution >= 0.6 is 0 Å². The number of carbonyl (C=O) groups excluding carboxylic acids is 2. The van der Waals surface area contributed by atoms with Gasteiger partial charge in [-0.2, -0.15) is 0 Å². The van der Waals surface area contributed by atoms with Crippen LogP contribution < -0.4 is 4.74 Å². The molecule has 45 heavy (non-hydrogen) atoms. The fourth-order valence-corrected chi connectivity index (χ4v) is 4.85. The summed E-state index contributed by atoms with van der Waals surface area (Å²) in [4.78, 5) is 23.5. The molecule has 0 saturated carbocycles. The highest BCUT2D eigenvalue weighted by molar-refractivity contribution is 5.91. The molecule has 4 aromatic carbocycles. The lowest BCUT2D eigenvalue weighted by Gasteiger charge is -2.24. The molecular formula is C37H40F2O6. The van der Waals surface area contributed by atoms with Crippen LogP contribution in [0.3, 0.4) is 0 Å². The van der Waals surface area contributed by atoms with Crippen LogP contribution in [-0.2, 0) is 20.3 Å². The van der Waals surface area contributed by atoms with Gasteiger partial charge < -0.3 is 19.3 Å². The number of halogens is 2. The van der Waals surface area contributed by atoms with E-state index in [1.807, 2.05) is 41.5 Å². The van der Waals surface area contributed by atoms with E-state index in [-0.39, 0.29) is 22.4 Å². The average Bonchev–Trinajstić information content (AvgIpc) is 3.00. The Morgan fingerprint density at radius 3 is 1.40 bits per heavy atom. The first-order valence-corrected chi connectivity index (χ1v) is 14.3. The third-order valence-electron chi connectivity index (χ3n) is 7.20. The number of hydrogen-bond donors (Lipinski definition) is 1.